The van der Waals surface area contributed by atoms with E-state index in [1.165, 1.54) is 32.1 Å². The van der Waals surface area contributed by atoms with Gasteiger partial charge in [-0.25, -0.2) is 0 Å². The predicted octanol–water partition coefficient (Wildman–Crippen LogP) is 3.99. The van der Waals surface area contributed by atoms with Crippen LogP contribution in [0, 0.1) is 5.41 Å². The van der Waals surface area contributed by atoms with Gasteiger partial charge in [-0.1, -0.05) is 52.9 Å². The second-order valence-electron chi connectivity index (χ2n) is 4.70. The lowest BCUT2D eigenvalue weighted by Crippen LogP contribution is -2.17. The molecule has 0 unspecified atom stereocenters. The van der Waals surface area contributed by atoms with Gasteiger partial charge in [-0.05, 0) is 30.1 Å². The Bertz CT molecular complexity index is 228. The molecule has 0 rings (SSSR count). The van der Waals surface area contributed by atoms with Crippen LogP contribution in [-0.2, 0) is 16.3 Å². The minimum absolute atomic E-state index is 0.363. The van der Waals surface area contributed by atoms with Crippen LogP contribution in [0.5, 0.6) is 0 Å². The Morgan fingerprint density at radius 3 is 1.94 bits per heavy atom. The van der Waals surface area contributed by atoms with Gasteiger partial charge in [0, 0.05) is 0 Å². The van der Waals surface area contributed by atoms with Gasteiger partial charge in [-0.15, -0.1) is 0 Å². The molecule has 0 aliphatic rings. The molecule has 0 saturated carbocycles. The third kappa shape index (κ3) is 8.28. The van der Waals surface area contributed by atoms with Gasteiger partial charge in [0.15, 0.2) is 0 Å². The predicted molar refractivity (Wildman–Crippen MR) is 76.4 cm³/mol. The summed E-state index contributed by atoms with van der Waals surface area (Å²) < 4.78 is 4.78. The van der Waals surface area contributed by atoms with Crippen molar-refractivity contribution in [3.05, 3.63) is 0 Å². The molecule has 0 fully saturated rings. The molecule has 0 aromatic rings. The first-order valence-electron chi connectivity index (χ1n) is 6.59. The Morgan fingerprint density at radius 1 is 1.00 bits per heavy atom. The Balaban J connectivity index is 3.66. The van der Waals surface area contributed by atoms with E-state index in [0.29, 0.717) is 12.0 Å². The van der Waals surface area contributed by atoms with Crippen molar-refractivity contribution < 1.29 is 14.3 Å². The highest BCUT2D eigenvalue weighted by Gasteiger charge is 2.22. The lowest BCUT2D eigenvalue weighted by atomic mass is 9.76. The fourth-order valence-corrected chi connectivity index (χ4v) is 2.83. The van der Waals surface area contributed by atoms with Crippen LogP contribution >= 0.6 is 6.72 Å². The molecule has 0 aromatic heterocycles. The van der Waals surface area contributed by atoms with E-state index in [4.69, 9.17) is 14.3 Å². The molecule has 0 saturated heterocycles. The van der Waals surface area contributed by atoms with E-state index >= 15 is 0 Å². The first kappa shape index (κ1) is 17.5. The zero-order valence-corrected chi connectivity index (χ0v) is 13.0. The minimum atomic E-state index is -3.43. The second kappa shape index (κ2) is 8.60. The SMILES string of the molecule is CCC(CC)(CC)CCCCCOP(O)(O)=S. The lowest BCUT2D eigenvalue weighted by Gasteiger charge is -2.30. The van der Waals surface area contributed by atoms with E-state index < -0.39 is 6.72 Å². The maximum atomic E-state index is 8.88. The maximum absolute atomic E-state index is 8.88. The molecule has 0 amide bonds. The van der Waals surface area contributed by atoms with E-state index in [2.05, 4.69) is 32.6 Å². The van der Waals surface area contributed by atoms with Crippen molar-refractivity contribution in [1.29, 1.82) is 0 Å². The smallest absolute Gasteiger partial charge is 0.321 e. The summed E-state index contributed by atoms with van der Waals surface area (Å²) in [5, 5.41) is 0. The summed E-state index contributed by atoms with van der Waals surface area (Å²) in [5.41, 5.74) is 0.504. The largest absolute Gasteiger partial charge is 0.325 e. The lowest BCUT2D eigenvalue weighted by molar-refractivity contribution is 0.212. The molecule has 0 heterocycles. The average molecular weight is 282 g/mol. The Hall–Kier alpha value is 0.530. The monoisotopic (exact) mass is 282 g/mol. The summed E-state index contributed by atoms with van der Waals surface area (Å²) in [5.74, 6) is 0. The van der Waals surface area contributed by atoms with Crippen LogP contribution in [0.4, 0.5) is 0 Å². The van der Waals surface area contributed by atoms with Crippen molar-refractivity contribution >= 4 is 18.5 Å². The number of hydrogen-bond donors (Lipinski definition) is 2. The summed E-state index contributed by atoms with van der Waals surface area (Å²) >= 11 is 4.38. The van der Waals surface area contributed by atoms with Gasteiger partial charge in [0.1, 0.15) is 0 Å². The molecule has 104 valence electrons. The molecule has 2 N–H and O–H groups in total. The van der Waals surface area contributed by atoms with Crippen molar-refractivity contribution in [2.24, 2.45) is 5.41 Å². The van der Waals surface area contributed by atoms with Crippen LogP contribution in [0.2, 0.25) is 0 Å². The van der Waals surface area contributed by atoms with Crippen LogP contribution < -0.4 is 0 Å². The number of unbranched alkanes of at least 4 members (excludes halogenated alkanes) is 2. The fourth-order valence-electron chi connectivity index (χ4n) is 2.24. The number of hydrogen-bond acceptors (Lipinski definition) is 2. The summed E-state index contributed by atoms with van der Waals surface area (Å²) in [6.07, 6.45) is 8.07. The molecule has 0 bridgehead atoms. The normalized spacial score (nSPS) is 13.0. The van der Waals surface area contributed by atoms with Crippen molar-refractivity contribution in [3.63, 3.8) is 0 Å². The molecule has 0 spiro atoms. The van der Waals surface area contributed by atoms with Crippen LogP contribution in [0.25, 0.3) is 0 Å². The first-order chi connectivity index (χ1) is 7.89. The van der Waals surface area contributed by atoms with Gasteiger partial charge in [0.05, 0.1) is 6.61 Å². The van der Waals surface area contributed by atoms with Gasteiger partial charge in [0.25, 0.3) is 0 Å². The highest BCUT2D eigenvalue weighted by atomic mass is 32.5. The topological polar surface area (TPSA) is 49.7 Å². The van der Waals surface area contributed by atoms with Crippen LogP contribution in [0.15, 0.2) is 0 Å². The molecular formula is C12H27O3PS. The molecule has 0 aromatic carbocycles. The van der Waals surface area contributed by atoms with Crippen molar-refractivity contribution in [1.82, 2.24) is 0 Å². The zero-order chi connectivity index (χ0) is 13.4. The van der Waals surface area contributed by atoms with Gasteiger partial charge >= 0.3 is 6.72 Å². The first-order valence-corrected chi connectivity index (χ1v) is 9.22. The highest BCUT2D eigenvalue weighted by Crippen LogP contribution is 2.37. The molecule has 5 heteroatoms. The Labute approximate surface area is 111 Å². The third-order valence-electron chi connectivity index (χ3n) is 3.86. The Kier molecular flexibility index (Phi) is 8.87. The number of rotatable bonds is 10. The summed E-state index contributed by atoms with van der Waals surface area (Å²) in [7, 11) is 0. The zero-order valence-electron chi connectivity index (χ0n) is 11.3. The van der Waals surface area contributed by atoms with Gasteiger partial charge in [0.2, 0.25) is 0 Å². The van der Waals surface area contributed by atoms with Gasteiger partial charge < -0.3 is 14.3 Å². The standard InChI is InChI=1S/C12H27O3PS/c1-4-12(5-2,6-3)10-8-7-9-11-15-16(13,14)17/h4-11H2,1-3H3,(H2,13,14,17). The second-order valence-corrected chi connectivity index (χ2v) is 7.36. The average Bonchev–Trinajstić information content (AvgIpc) is 2.28. The Morgan fingerprint density at radius 2 is 1.53 bits per heavy atom. The summed E-state index contributed by atoms with van der Waals surface area (Å²) in [4.78, 5) is 17.8. The molecule has 0 radical (unpaired) electrons. The molecule has 17 heavy (non-hydrogen) atoms. The molecule has 3 nitrogen and oxygen atoms in total. The summed E-state index contributed by atoms with van der Waals surface area (Å²) in [6.45, 7) is 3.73. The molecule has 0 aliphatic heterocycles. The molecule has 0 atom stereocenters. The van der Waals surface area contributed by atoms with Crippen molar-refractivity contribution in [3.8, 4) is 0 Å². The van der Waals surface area contributed by atoms with Crippen molar-refractivity contribution in [2.45, 2.75) is 65.7 Å². The van der Waals surface area contributed by atoms with E-state index in [1.54, 1.807) is 0 Å². The molecular weight excluding hydrogens is 255 g/mol. The molecule has 0 aliphatic carbocycles. The van der Waals surface area contributed by atoms with E-state index in [-0.39, 0.29) is 0 Å². The highest BCUT2D eigenvalue weighted by molar-refractivity contribution is 8.06. The van der Waals surface area contributed by atoms with Crippen molar-refractivity contribution in [2.75, 3.05) is 6.61 Å². The van der Waals surface area contributed by atoms with Gasteiger partial charge in [-0.2, -0.15) is 0 Å². The maximum Gasteiger partial charge on any atom is 0.321 e. The minimum Gasteiger partial charge on any atom is -0.325 e. The fraction of sp³-hybridized carbons (Fsp3) is 1.00. The van der Waals surface area contributed by atoms with E-state index in [1.807, 2.05) is 0 Å². The van der Waals surface area contributed by atoms with Crippen LogP contribution in [-0.4, -0.2) is 16.4 Å². The van der Waals surface area contributed by atoms with Crippen LogP contribution in [0.3, 0.4) is 0 Å². The van der Waals surface area contributed by atoms with E-state index in [0.717, 1.165) is 12.8 Å². The quantitative estimate of drug-likeness (QED) is 0.470. The summed E-state index contributed by atoms with van der Waals surface area (Å²) in [6, 6.07) is 0. The van der Waals surface area contributed by atoms with E-state index in [9.17, 15) is 0 Å². The van der Waals surface area contributed by atoms with Crippen LogP contribution in [0.1, 0.15) is 65.7 Å². The third-order valence-corrected chi connectivity index (χ3v) is 4.70. The van der Waals surface area contributed by atoms with Gasteiger partial charge in [-0.3, -0.25) is 0 Å².